The van der Waals surface area contributed by atoms with Gasteiger partial charge in [0.1, 0.15) is 4.90 Å². The maximum absolute atomic E-state index is 12.2. The predicted molar refractivity (Wildman–Crippen MR) is 91.2 cm³/mol. The molecule has 0 heterocycles. The van der Waals surface area contributed by atoms with Crippen LogP contribution in [-0.2, 0) is 16.4 Å². The van der Waals surface area contributed by atoms with E-state index in [-0.39, 0.29) is 9.92 Å². The van der Waals surface area contributed by atoms with Crippen molar-refractivity contribution in [1.82, 2.24) is 4.72 Å². The normalized spacial score (nSPS) is 11.6. The molecule has 0 bridgehead atoms. The summed E-state index contributed by atoms with van der Waals surface area (Å²) >= 11 is 11.8. The lowest BCUT2D eigenvalue weighted by Crippen LogP contribution is -2.25. The number of nitrogens with one attached hydrogen (secondary N) is 1. The van der Waals surface area contributed by atoms with Gasteiger partial charge in [0.05, 0.1) is 5.02 Å². The van der Waals surface area contributed by atoms with Gasteiger partial charge in [0.15, 0.2) is 0 Å². The summed E-state index contributed by atoms with van der Waals surface area (Å²) in [5.74, 6) is 0. The fourth-order valence-corrected chi connectivity index (χ4v) is 3.96. The van der Waals surface area contributed by atoms with E-state index in [0.717, 1.165) is 6.42 Å². The highest BCUT2D eigenvalue weighted by atomic mass is 35.5. The van der Waals surface area contributed by atoms with Gasteiger partial charge in [0.25, 0.3) is 0 Å². The summed E-state index contributed by atoms with van der Waals surface area (Å²) in [6, 6.07) is 12.6. The number of benzene rings is 2. The summed E-state index contributed by atoms with van der Waals surface area (Å²) in [6.07, 6.45) is 1.52. The smallest absolute Gasteiger partial charge is 0.211 e. The molecule has 0 saturated heterocycles. The number of hydrogen-bond donors (Lipinski definition) is 1. The van der Waals surface area contributed by atoms with Crippen LogP contribution in [0.1, 0.15) is 17.5 Å². The van der Waals surface area contributed by atoms with Crippen LogP contribution in [0.2, 0.25) is 10.0 Å². The molecule has 2 aromatic carbocycles. The lowest BCUT2D eigenvalue weighted by Gasteiger charge is -2.09. The molecule has 0 amide bonds. The van der Waals surface area contributed by atoms with Crippen LogP contribution in [0, 0.1) is 6.92 Å². The lowest BCUT2D eigenvalue weighted by atomic mass is 10.1. The Bertz CT molecular complexity index is 760. The van der Waals surface area contributed by atoms with E-state index in [1.807, 2.05) is 25.1 Å². The van der Waals surface area contributed by atoms with Crippen molar-refractivity contribution in [3.05, 3.63) is 63.6 Å². The van der Waals surface area contributed by atoms with Gasteiger partial charge in [-0.25, -0.2) is 13.1 Å². The van der Waals surface area contributed by atoms with Gasteiger partial charge in [-0.05, 0) is 43.5 Å². The zero-order chi connectivity index (χ0) is 16.2. The molecule has 0 atom stereocenters. The van der Waals surface area contributed by atoms with Crippen LogP contribution >= 0.6 is 23.2 Å². The van der Waals surface area contributed by atoms with E-state index in [1.165, 1.54) is 23.3 Å². The van der Waals surface area contributed by atoms with E-state index in [9.17, 15) is 8.42 Å². The monoisotopic (exact) mass is 357 g/mol. The van der Waals surface area contributed by atoms with Crippen molar-refractivity contribution in [2.24, 2.45) is 0 Å². The molecule has 3 nitrogen and oxygen atoms in total. The second-order valence-corrected chi connectivity index (χ2v) is 7.64. The number of hydrogen-bond acceptors (Lipinski definition) is 2. The number of rotatable bonds is 6. The van der Waals surface area contributed by atoms with Gasteiger partial charge < -0.3 is 0 Å². The van der Waals surface area contributed by atoms with Gasteiger partial charge in [0, 0.05) is 11.6 Å². The first-order chi connectivity index (χ1) is 10.4. The molecule has 0 aromatic heterocycles. The molecular formula is C16H17Cl2NO2S. The van der Waals surface area contributed by atoms with Crippen LogP contribution < -0.4 is 4.72 Å². The Morgan fingerprint density at radius 2 is 1.86 bits per heavy atom. The fraction of sp³-hybridized carbons (Fsp3) is 0.250. The molecule has 0 aliphatic carbocycles. The molecular weight excluding hydrogens is 341 g/mol. The summed E-state index contributed by atoms with van der Waals surface area (Å²) in [7, 11) is -3.64. The fourth-order valence-electron chi connectivity index (χ4n) is 2.13. The highest BCUT2D eigenvalue weighted by molar-refractivity contribution is 7.89. The van der Waals surface area contributed by atoms with Crippen LogP contribution in [-0.4, -0.2) is 15.0 Å². The van der Waals surface area contributed by atoms with Gasteiger partial charge >= 0.3 is 0 Å². The van der Waals surface area contributed by atoms with Crippen molar-refractivity contribution in [3.63, 3.8) is 0 Å². The molecule has 0 saturated carbocycles. The van der Waals surface area contributed by atoms with Crippen LogP contribution in [0.15, 0.2) is 47.4 Å². The first-order valence-electron chi connectivity index (χ1n) is 6.89. The van der Waals surface area contributed by atoms with Crippen LogP contribution in [0.5, 0.6) is 0 Å². The topological polar surface area (TPSA) is 46.2 Å². The summed E-state index contributed by atoms with van der Waals surface area (Å²) < 4.78 is 27.0. The van der Waals surface area contributed by atoms with E-state index >= 15 is 0 Å². The summed E-state index contributed by atoms with van der Waals surface area (Å²) in [4.78, 5) is 0.0113. The number of halogens is 2. The Balaban J connectivity index is 1.94. The quantitative estimate of drug-likeness (QED) is 0.786. The van der Waals surface area contributed by atoms with Gasteiger partial charge in [-0.1, -0.05) is 53.0 Å². The van der Waals surface area contributed by atoms with Crippen LogP contribution in [0.4, 0.5) is 0 Å². The maximum Gasteiger partial charge on any atom is 0.242 e. The molecule has 6 heteroatoms. The number of sulfonamides is 1. The van der Waals surface area contributed by atoms with E-state index in [2.05, 4.69) is 10.8 Å². The summed E-state index contributed by atoms with van der Waals surface area (Å²) in [5.41, 5.74) is 2.39. The zero-order valence-electron chi connectivity index (χ0n) is 12.1. The molecule has 118 valence electrons. The summed E-state index contributed by atoms with van der Waals surface area (Å²) in [5, 5.41) is 0.500. The third-order valence-electron chi connectivity index (χ3n) is 3.20. The minimum Gasteiger partial charge on any atom is -0.211 e. The Kier molecular flexibility index (Phi) is 5.87. The molecule has 22 heavy (non-hydrogen) atoms. The maximum atomic E-state index is 12.2. The van der Waals surface area contributed by atoms with Crippen molar-refractivity contribution in [1.29, 1.82) is 0 Å². The Hall–Kier alpha value is -1.07. The van der Waals surface area contributed by atoms with E-state index in [4.69, 9.17) is 23.2 Å². The molecule has 0 unspecified atom stereocenters. The first kappa shape index (κ1) is 17.3. The van der Waals surface area contributed by atoms with Gasteiger partial charge in [-0.15, -0.1) is 0 Å². The molecule has 2 rings (SSSR count). The van der Waals surface area contributed by atoms with Crippen molar-refractivity contribution in [3.8, 4) is 0 Å². The third-order valence-corrected chi connectivity index (χ3v) is 5.38. The minimum atomic E-state index is -3.64. The number of aryl methyl sites for hydroxylation is 2. The largest absolute Gasteiger partial charge is 0.242 e. The van der Waals surface area contributed by atoms with E-state index in [1.54, 1.807) is 6.07 Å². The van der Waals surface area contributed by atoms with Crippen LogP contribution in [0.3, 0.4) is 0 Å². The highest BCUT2D eigenvalue weighted by Gasteiger charge is 2.17. The van der Waals surface area contributed by atoms with E-state index < -0.39 is 10.0 Å². The predicted octanol–water partition coefficient (Wildman–Crippen LogP) is 4.21. The van der Waals surface area contributed by atoms with Gasteiger partial charge in [-0.3, -0.25) is 0 Å². The van der Waals surface area contributed by atoms with Gasteiger partial charge in [0.2, 0.25) is 10.0 Å². The first-order valence-corrected chi connectivity index (χ1v) is 9.13. The minimum absolute atomic E-state index is 0.0113. The highest BCUT2D eigenvalue weighted by Crippen LogP contribution is 2.24. The standard InChI is InChI=1S/C16H17Cl2NO2S/c1-12-4-2-5-13(10-12)6-3-9-19-22(20,21)16-11-14(17)7-8-15(16)18/h2,4-5,7-8,10-11,19H,3,6,9H2,1H3. The van der Waals surface area contributed by atoms with Crippen molar-refractivity contribution < 1.29 is 8.42 Å². The van der Waals surface area contributed by atoms with Crippen molar-refractivity contribution in [2.75, 3.05) is 6.54 Å². The average molecular weight is 358 g/mol. The molecule has 0 fully saturated rings. The average Bonchev–Trinajstić information content (AvgIpc) is 2.46. The Labute approximate surface area is 141 Å². The van der Waals surface area contributed by atoms with Gasteiger partial charge in [-0.2, -0.15) is 0 Å². The molecule has 0 aliphatic heterocycles. The van der Waals surface area contributed by atoms with Crippen molar-refractivity contribution >= 4 is 33.2 Å². The second kappa shape index (κ2) is 7.47. The molecule has 0 radical (unpaired) electrons. The second-order valence-electron chi connectivity index (χ2n) is 5.07. The Morgan fingerprint density at radius 3 is 2.59 bits per heavy atom. The molecule has 0 spiro atoms. The third kappa shape index (κ3) is 4.71. The van der Waals surface area contributed by atoms with Crippen LogP contribution in [0.25, 0.3) is 0 Å². The Morgan fingerprint density at radius 1 is 1.09 bits per heavy atom. The lowest BCUT2D eigenvalue weighted by molar-refractivity contribution is 0.579. The summed E-state index contributed by atoms with van der Waals surface area (Å²) in [6.45, 7) is 2.38. The molecule has 2 aromatic rings. The molecule has 1 N–H and O–H groups in total. The van der Waals surface area contributed by atoms with Crippen molar-refractivity contribution in [2.45, 2.75) is 24.7 Å². The van der Waals surface area contributed by atoms with E-state index in [0.29, 0.717) is 18.0 Å². The molecule has 0 aliphatic rings. The zero-order valence-corrected chi connectivity index (χ0v) is 14.5. The SMILES string of the molecule is Cc1cccc(CCCNS(=O)(=O)c2cc(Cl)ccc2Cl)c1.